The Labute approximate surface area is 124 Å². The normalized spacial score (nSPS) is 23.2. The molecule has 1 aliphatic carbocycles. The molecule has 0 aromatic heterocycles. The number of hydrogen-bond acceptors (Lipinski definition) is 3. The molecule has 1 saturated carbocycles. The average Bonchev–Trinajstić information content (AvgIpc) is 3.24. The first kappa shape index (κ1) is 14.7. The molecular formula is C16H22F2N2O. The highest BCUT2D eigenvalue weighted by atomic mass is 19.1. The van der Waals surface area contributed by atoms with Gasteiger partial charge >= 0.3 is 0 Å². The van der Waals surface area contributed by atoms with Gasteiger partial charge in [0.2, 0.25) is 0 Å². The SMILES string of the molecule is CC1CN(c2c(F)cc(CNC3CC3)cc2F)CCCO1. The van der Waals surface area contributed by atoms with Gasteiger partial charge in [-0.2, -0.15) is 0 Å². The van der Waals surface area contributed by atoms with Gasteiger partial charge in [-0.05, 0) is 43.9 Å². The van der Waals surface area contributed by atoms with Crippen molar-refractivity contribution in [3.05, 3.63) is 29.3 Å². The molecule has 3 rings (SSSR count). The molecule has 0 amide bonds. The molecule has 116 valence electrons. The van der Waals surface area contributed by atoms with Gasteiger partial charge in [-0.3, -0.25) is 0 Å². The zero-order chi connectivity index (χ0) is 14.8. The molecule has 0 radical (unpaired) electrons. The summed E-state index contributed by atoms with van der Waals surface area (Å²) in [5.74, 6) is -0.951. The number of anilines is 1. The Bertz CT molecular complexity index is 482. The number of hydrogen-bond donors (Lipinski definition) is 1. The number of ether oxygens (including phenoxy) is 1. The van der Waals surface area contributed by atoms with E-state index in [-0.39, 0.29) is 11.8 Å². The van der Waals surface area contributed by atoms with Crippen LogP contribution in [0.1, 0.15) is 31.7 Å². The topological polar surface area (TPSA) is 24.5 Å². The minimum absolute atomic E-state index is 0.0116. The second kappa shape index (κ2) is 6.28. The van der Waals surface area contributed by atoms with Crippen molar-refractivity contribution >= 4 is 5.69 Å². The van der Waals surface area contributed by atoms with E-state index >= 15 is 0 Å². The summed E-state index contributed by atoms with van der Waals surface area (Å²) in [7, 11) is 0. The van der Waals surface area contributed by atoms with E-state index in [0.29, 0.717) is 37.8 Å². The van der Waals surface area contributed by atoms with Gasteiger partial charge in [0, 0.05) is 32.3 Å². The molecule has 1 aromatic carbocycles. The fraction of sp³-hybridized carbons (Fsp3) is 0.625. The van der Waals surface area contributed by atoms with Gasteiger partial charge in [-0.25, -0.2) is 8.78 Å². The molecule has 1 N–H and O–H groups in total. The van der Waals surface area contributed by atoms with Crippen LogP contribution in [0.4, 0.5) is 14.5 Å². The third kappa shape index (κ3) is 3.71. The van der Waals surface area contributed by atoms with Crippen LogP contribution < -0.4 is 10.2 Å². The van der Waals surface area contributed by atoms with Gasteiger partial charge in [0.1, 0.15) is 17.3 Å². The smallest absolute Gasteiger partial charge is 0.149 e. The highest BCUT2D eigenvalue weighted by molar-refractivity contribution is 5.51. The number of halogens is 2. The summed E-state index contributed by atoms with van der Waals surface area (Å²) >= 11 is 0. The van der Waals surface area contributed by atoms with E-state index in [1.807, 2.05) is 6.92 Å². The van der Waals surface area contributed by atoms with E-state index in [2.05, 4.69) is 5.32 Å². The van der Waals surface area contributed by atoms with Crippen LogP contribution in [0.5, 0.6) is 0 Å². The van der Waals surface area contributed by atoms with Gasteiger partial charge < -0.3 is 15.0 Å². The van der Waals surface area contributed by atoms with E-state index in [0.717, 1.165) is 19.3 Å². The largest absolute Gasteiger partial charge is 0.377 e. The molecule has 1 aliphatic heterocycles. The van der Waals surface area contributed by atoms with Crippen molar-refractivity contribution in [2.75, 3.05) is 24.6 Å². The molecule has 5 heteroatoms. The molecular weight excluding hydrogens is 274 g/mol. The minimum atomic E-state index is -0.475. The summed E-state index contributed by atoms with van der Waals surface area (Å²) in [6.45, 7) is 4.25. The van der Waals surface area contributed by atoms with Crippen molar-refractivity contribution in [2.45, 2.75) is 44.9 Å². The molecule has 21 heavy (non-hydrogen) atoms. The monoisotopic (exact) mass is 296 g/mol. The van der Waals surface area contributed by atoms with Gasteiger partial charge in [-0.15, -0.1) is 0 Å². The average molecular weight is 296 g/mol. The summed E-state index contributed by atoms with van der Waals surface area (Å²) in [4.78, 5) is 1.76. The van der Waals surface area contributed by atoms with Crippen LogP contribution in [0.15, 0.2) is 12.1 Å². The number of nitrogens with zero attached hydrogens (tertiary/aromatic N) is 1. The van der Waals surface area contributed by atoms with Gasteiger partial charge in [0.15, 0.2) is 0 Å². The highest BCUT2D eigenvalue weighted by Crippen LogP contribution is 2.27. The molecule has 0 bridgehead atoms. The van der Waals surface area contributed by atoms with E-state index in [1.54, 1.807) is 4.90 Å². The van der Waals surface area contributed by atoms with Gasteiger partial charge in [0.05, 0.1) is 6.10 Å². The van der Waals surface area contributed by atoms with E-state index in [4.69, 9.17) is 4.74 Å². The number of benzene rings is 1. The predicted octanol–water partition coefficient (Wildman–Crippen LogP) is 2.83. The van der Waals surface area contributed by atoms with Crippen molar-refractivity contribution < 1.29 is 13.5 Å². The maximum atomic E-state index is 14.3. The quantitative estimate of drug-likeness (QED) is 0.924. The minimum Gasteiger partial charge on any atom is -0.377 e. The zero-order valence-corrected chi connectivity index (χ0v) is 12.4. The van der Waals surface area contributed by atoms with Crippen LogP contribution in [-0.4, -0.2) is 31.8 Å². The molecule has 2 aliphatic rings. The molecule has 1 saturated heterocycles. The Morgan fingerprint density at radius 2 is 2.00 bits per heavy atom. The second-order valence-corrected chi connectivity index (χ2v) is 6.04. The maximum Gasteiger partial charge on any atom is 0.149 e. The Kier molecular flexibility index (Phi) is 4.40. The van der Waals surface area contributed by atoms with Crippen molar-refractivity contribution in [1.29, 1.82) is 0 Å². The summed E-state index contributed by atoms with van der Waals surface area (Å²) < 4.78 is 34.2. The van der Waals surface area contributed by atoms with Crippen LogP contribution in [0.3, 0.4) is 0 Å². The van der Waals surface area contributed by atoms with Gasteiger partial charge in [0.25, 0.3) is 0 Å². The Hall–Kier alpha value is -1.20. The first-order valence-corrected chi connectivity index (χ1v) is 7.71. The van der Waals surface area contributed by atoms with E-state index in [1.165, 1.54) is 12.1 Å². The lowest BCUT2D eigenvalue weighted by Gasteiger charge is -2.25. The Morgan fingerprint density at radius 1 is 1.29 bits per heavy atom. The zero-order valence-electron chi connectivity index (χ0n) is 12.4. The highest BCUT2D eigenvalue weighted by Gasteiger charge is 2.23. The van der Waals surface area contributed by atoms with E-state index in [9.17, 15) is 8.78 Å². The van der Waals surface area contributed by atoms with Crippen LogP contribution in [-0.2, 0) is 11.3 Å². The fourth-order valence-corrected chi connectivity index (χ4v) is 2.77. The standard InChI is InChI=1S/C16H22F2N2O/c1-11-10-20(5-2-6-21-11)16-14(17)7-12(8-15(16)18)9-19-13-3-4-13/h7-8,11,13,19H,2-6,9-10H2,1H3. The summed E-state index contributed by atoms with van der Waals surface area (Å²) in [6.07, 6.45) is 3.10. The van der Waals surface area contributed by atoms with Crippen LogP contribution in [0.25, 0.3) is 0 Å². The Balaban J connectivity index is 1.77. The lowest BCUT2D eigenvalue weighted by molar-refractivity contribution is 0.0820. The third-order valence-corrected chi connectivity index (χ3v) is 4.02. The molecule has 1 aromatic rings. The van der Waals surface area contributed by atoms with Gasteiger partial charge in [-0.1, -0.05) is 0 Å². The lowest BCUT2D eigenvalue weighted by atomic mass is 10.1. The van der Waals surface area contributed by atoms with E-state index < -0.39 is 11.6 Å². The first-order chi connectivity index (χ1) is 10.1. The van der Waals surface area contributed by atoms with Crippen molar-refractivity contribution in [2.24, 2.45) is 0 Å². The Morgan fingerprint density at radius 3 is 2.67 bits per heavy atom. The van der Waals surface area contributed by atoms with Crippen molar-refractivity contribution in [3.8, 4) is 0 Å². The molecule has 2 fully saturated rings. The second-order valence-electron chi connectivity index (χ2n) is 6.04. The first-order valence-electron chi connectivity index (χ1n) is 7.71. The number of nitrogens with one attached hydrogen (secondary N) is 1. The lowest BCUT2D eigenvalue weighted by Crippen LogP contribution is -2.31. The molecule has 1 unspecified atom stereocenters. The maximum absolute atomic E-state index is 14.3. The summed E-state index contributed by atoms with van der Waals surface area (Å²) in [6, 6.07) is 3.42. The van der Waals surface area contributed by atoms with Crippen molar-refractivity contribution in [3.63, 3.8) is 0 Å². The number of rotatable bonds is 4. The molecule has 3 nitrogen and oxygen atoms in total. The van der Waals surface area contributed by atoms with Crippen molar-refractivity contribution in [1.82, 2.24) is 5.32 Å². The summed E-state index contributed by atoms with van der Waals surface area (Å²) in [5.41, 5.74) is 0.752. The fourth-order valence-electron chi connectivity index (χ4n) is 2.77. The molecule has 1 heterocycles. The summed E-state index contributed by atoms with van der Waals surface area (Å²) in [5, 5.41) is 3.28. The third-order valence-electron chi connectivity index (χ3n) is 4.02. The molecule has 1 atom stereocenters. The van der Waals surface area contributed by atoms with Crippen LogP contribution >= 0.6 is 0 Å². The predicted molar refractivity (Wildman–Crippen MR) is 78.5 cm³/mol. The van der Waals surface area contributed by atoms with Crippen LogP contribution in [0, 0.1) is 11.6 Å². The van der Waals surface area contributed by atoms with Crippen LogP contribution in [0.2, 0.25) is 0 Å². The molecule has 0 spiro atoms.